The molecule has 1 heterocycles. The predicted molar refractivity (Wildman–Crippen MR) is 99.2 cm³/mol. The topological polar surface area (TPSA) is 69.9 Å². The predicted octanol–water partition coefficient (Wildman–Crippen LogP) is 0.881. The van der Waals surface area contributed by atoms with Crippen LogP contribution in [0.5, 0.6) is 0 Å². The maximum Gasteiger partial charge on any atom is 0.341 e. The monoisotopic (exact) mass is 339 g/mol. The molecule has 0 amide bonds. The first-order valence-electron chi connectivity index (χ1n) is 7.51. The Morgan fingerprint density at radius 2 is 1.30 bits per heavy atom. The van der Waals surface area contributed by atoms with Gasteiger partial charge in [0.05, 0.1) is 22.4 Å². The Morgan fingerprint density at radius 1 is 0.870 bits per heavy atom. The standard InChI is InChI=1S/C10H15B2O2S.C6H14O2/c1-9(2,13)10(3,4)14-12-8-6-5-7(11)15-8;1-5(2,7)6(3,4)8/h5-6,13H,1-4H3;7-8H,1-4H3. The largest absolute Gasteiger partial charge is 0.426 e. The van der Waals surface area contributed by atoms with E-state index in [9.17, 15) is 5.11 Å². The fraction of sp³-hybridized carbons (Fsp3) is 0.750. The molecule has 0 unspecified atom stereocenters. The van der Waals surface area contributed by atoms with Crippen molar-refractivity contribution in [3.63, 3.8) is 0 Å². The molecule has 4 nitrogen and oxygen atoms in total. The molecule has 1 aromatic heterocycles. The number of aliphatic hydroxyl groups is 3. The third-order valence-corrected chi connectivity index (χ3v) is 4.93. The van der Waals surface area contributed by atoms with E-state index in [1.165, 1.54) is 11.3 Å². The SMILES string of the molecule is CC(C)(O)C(C)(C)O.[B]c1ccc([B]OC(C)(C)C(C)(C)O)s1. The van der Waals surface area contributed by atoms with Gasteiger partial charge in [0.25, 0.3) is 0 Å². The first kappa shape index (κ1) is 22.7. The number of rotatable bonds is 5. The van der Waals surface area contributed by atoms with Gasteiger partial charge in [-0.2, -0.15) is 11.3 Å². The van der Waals surface area contributed by atoms with E-state index >= 15 is 0 Å². The third kappa shape index (κ3) is 7.86. The molecule has 3 N–H and O–H groups in total. The Balaban J connectivity index is 0.000000515. The summed E-state index contributed by atoms with van der Waals surface area (Å²) in [4.78, 5) is 0. The van der Waals surface area contributed by atoms with E-state index in [4.69, 9.17) is 22.7 Å². The highest BCUT2D eigenvalue weighted by atomic mass is 32.1. The summed E-state index contributed by atoms with van der Waals surface area (Å²) in [6, 6.07) is 3.72. The second kappa shape index (κ2) is 7.70. The molecule has 0 bridgehead atoms. The van der Waals surface area contributed by atoms with Crippen molar-refractivity contribution in [3.8, 4) is 0 Å². The zero-order valence-corrected chi connectivity index (χ0v) is 16.3. The van der Waals surface area contributed by atoms with E-state index in [2.05, 4.69) is 0 Å². The van der Waals surface area contributed by atoms with Crippen molar-refractivity contribution in [1.82, 2.24) is 0 Å². The van der Waals surface area contributed by atoms with Gasteiger partial charge in [-0.05, 0) is 64.9 Å². The molecule has 0 atom stereocenters. The third-order valence-electron chi connectivity index (χ3n) is 4.09. The first-order valence-corrected chi connectivity index (χ1v) is 8.32. The molecule has 1 rings (SSSR count). The Morgan fingerprint density at radius 3 is 1.57 bits per heavy atom. The molecule has 0 aliphatic heterocycles. The number of hydrogen-bond acceptors (Lipinski definition) is 5. The van der Waals surface area contributed by atoms with Gasteiger partial charge < -0.3 is 20.0 Å². The lowest BCUT2D eigenvalue weighted by Crippen LogP contribution is -2.49. The molecule has 0 saturated heterocycles. The molecule has 0 aromatic carbocycles. The normalized spacial score (nSPS) is 13.3. The van der Waals surface area contributed by atoms with Crippen molar-refractivity contribution < 1.29 is 20.0 Å². The van der Waals surface area contributed by atoms with Crippen molar-refractivity contribution in [3.05, 3.63) is 12.1 Å². The van der Waals surface area contributed by atoms with Crippen LogP contribution >= 0.6 is 11.3 Å². The highest BCUT2D eigenvalue weighted by molar-refractivity contribution is 7.27. The quantitative estimate of drug-likeness (QED) is 0.697. The zero-order valence-electron chi connectivity index (χ0n) is 15.5. The maximum atomic E-state index is 9.86. The van der Waals surface area contributed by atoms with Crippen LogP contribution in [0.2, 0.25) is 0 Å². The van der Waals surface area contributed by atoms with Crippen molar-refractivity contribution in [2.75, 3.05) is 0 Å². The van der Waals surface area contributed by atoms with Gasteiger partial charge in [0.1, 0.15) is 7.85 Å². The van der Waals surface area contributed by atoms with Crippen LogP contribution in [0.15, 0.2) is 12.1 Å². The fourth-order valence-electron chi connectivity index (χ4n) is 0.781. The zero-order chi connectivity index (χ0) is 18.7. The van der Waals surface area contributed by atoms with E-state index < -0.39 is 22.4 Å². The molecule has 0 fully saturated rings. The van der Waals surface area contributed by atoms with Gasteiger partial charge in [-0.25, -0.2) is 0 Å². The molecular formula is C16H29B2O4S. The van der Waals surface area contributed by atoms with Crippen molar-refractivity contribution in [1.29, 1.82) is 0 Å². The van der Waals surface area contributed by atoms with Gasteiger partial charge in [-0.15, -0.1) is 0 Å². The molecule has 0 spiro atoms. The molecule has 3 radical (unpaired) electrons. The molecule has 0 aliphatic carbocycles. The summed E-state index contributed by atoms with van der Waals surface area (Å²) in [5.74, 6) is 0. The summed E-state index contributed by atoms with van der Waals surface area (Å²) in [6.07, 6.45) is 0. The molecule has 23 heavy (non-hydrogen) atoms. The van der Waals surface area contributed by atoms with E-state index in [1.807, 2.05) is 26.0 Å². The summed E-state index contributed by atoms with van der Waals surface area (Å²) in [5.41, 5.74) is -3.54. The minimum absolute atomic E-state index is 0.633. The molecular weight excluding hydrogens is 310 g/mol. The lowest BCUT2D eigenvalue weighted by molar-refractivity contribution is -0.107. The van der Waals surface area contributed by atoms with E-state index in [0.717, 1.165) is 9.55 Å². The smallest absolute Gasteiger partial charge is 0.341 e. The lowest BCUT2D eigenvalue weighted by atomic mass is 9.86. The average Bonchev–Trinajstić information content (AvgIpc) is 2.69. The highest BCUT2D eigenvalue weighted by Gasteiger charge is 2.35. The van der Waals surface area contributed by atoms with Gasteiger partial charge in [0, 0.05) is 0 Å². The van der Waals surface area contributed by atoms with E-state index in [0.29, 0.717) is 0 Å². The van der Waals surface area contributed by atoms with Gasteiger partial charge in [0.15, 0.2) is 0 Å². The molecule has 1 aromatic rings. The van der Waals surface area contributed by atoms with Crippen LogP contribution in [0, 0.1) is 0 Å². The highest BCUT2D eigenvalue weighted by Crippen LogP contribution is 2.24. The van der Waals surface area contributed by atoms with Gasteiger partial charge >= 0.3 is 7.48 Å². The Bertz CT molecular complexity index is 467. The van der Waals surface area contributed by atoms with Crippen molar-refractivity contribution >= 4 is 36.2 Å². The Hall–Kier alpha value is -0.330. The average molecular weight is 339 g/mol. The van der Waals surface area contributed by atoms with Crippen molar-refractivity contribution in [2.24, 2.45) is 0 Å². The van der Waals surface area contributed by atoms with Gasteiger partial charge in [0.2, 0.25) is 0 Å². The minimum Gasteiger partial charge on any atom is -0.426 e. The van der Waals surface area contributed by atoms with E-state index in [-0.39, 0.29) is 0 Å². The number of hydrogen-bond donors (Lipinski definition) is 3. The summed E-state index contributed by atoms with van der Waals surface area (Å²) < 4.78 is 7.28. The van der Waals surface area contributed by atoms with Crippen molar-refractivity contribution in [2.45, 2.75) is 77.8 Å². The summed E-state index contributed by atoms with van der Waals surface area (Å²) in [6.45, 7) is 13.5. The Labute approximate surface area is 146 Å². The summed E-state index contributed by atoms with van der Waals surface area (Å²) >= 11 is 1.45. The van der Waals surface area contributed by atoms with Crippen LogP contribution in [0.4, 0.5) is 0 Å². The first-order chi connectivity index (χ1) is 9.97. The minimum atomic E-state index is -1.01. The van der Waals surface area contributed by atoms with E-state index in [1.54, 1.807) is 49.0 Å². The van der Waals surface area contributed by atoms with Gasteiger partial charge in [-0.1, -0.05) is 12.1 Å². The van der Waals surface area contributed by atoms with Crippen LogP contribution in [-0.2, 0) is 4.65 Å². The second-order valence-corrected chi connectivity index (χ2v) is 8.81. The molecule has 0 saturated carbocycles. The molecule has 7 heteroatoms. The lowest BCUT2D eigenvalue weighted by Gasteiger charge is -2.37. The van der Waals surface area contributed by atoms with Crippen LogP contribution < -0.4 is 9.55 Å². The van der Waals surface area contributed by atoms with Gasteiger partial charge in [-0.3, -0.25) is 0 Å². The molecule has 129 valence electrons. The Kier molecular flexibility index (Phi) is 7.59. The molecule has 0 aliphatic rings. The number of thiophene rings is 1. The second-order valence-electron chi connectivity index (χ2n) is 7.66. The van der Waals surface area contributed by atoms with Crippen LogP contribution in [0.1, 0.15) is 55.4 Å². The fourth-order valence-corrected chi connectivity index (χ4v) is 1.42. The summed E-state index contributed by atoms with van der Waals surface area (Å²) in [5, 5.41) is 28.1. The van der Waals surface area contributed by atoms with Crippen LogP contribution in [0.3, 0.4) is 0 Å². The van der Waals surface area contributed by atoms with Crippen LogP contribution in [-0.4, -0.2) is 53.1 Å². The maximum absolute atomic E-state index is 9.86. The van der Waals surface area contributed by atoms with Crippen LogP contribution in [0.25, 0.3) is 0 Å². The summed E-state index contributed by atoms with van der Waals surface area (Å²) in [7, 11) is 7.24.